The number of fused-ring (bicyclic) bond motifs is 1. The van der Waals surface area contributed by atoms with Gasteiger partial charge >= 0.3 is 18.3 Å². The monoisotopic (exact) mass is 591 g/mol. The molecule has 1 aromatic carbocycles. The van der Waals surface area contributed by atoms with Gasteiger partial charge in [0.05, 0.1) is 10.0 Å². The van der Waals surface area contributed by atoms with Crippen molar-refractivity contribution in [2.75, 3.05) is 51.3 Å². The van der Waals surface area contributed by atoms with E-state index in [1.807, 2.05) is 7.05 Å². The minimum atomic E-state index is -4.79. The molecule has 1 unspecified atom stereocenters. The van der Waals surface area contributed by atoms with Crippen molar-refractivity contribution in [2.24, 2.45) is 0 Å². The lowest BCUT2D eigenvalue weighted by Crippen LogP contribution is -2.50. The number of hydrogen-bond acceptors (Lipinski definition) is 7. The summed E-state index contributed by atoms with van der Waals surface area (Å²) in [6.07, 6.45) is -3.31. The topological polar surface area (TPSA) is 71.0 Å². The van der Waals surface area contributed by atoms with Crippen LogP contribution < -0.4 is 9.64 Å². The predicted molar refractivity (Wildman–Crippen MR) is 133 cm³/mol. The van der Waals surface area contributed by atoms with Crippen LogP contribution in [0.2, 0.25) is 0 Å². The molecule has 37 heavy (non-hydrogen) atoms. The number of carbonyl (C=O) groups excluding carboxylic acids is 1. The zero-order valence-corrected chi connectivity index (χ0v) is 22.7. The Bertz CT molecular complexity index is 1170. The zero-order chi connectivity index (χ0) is 27.1. The van der Waals surface area contributed by atoms with Crippen molar-refractivity contribution in [3.8, 4) is 6.01 Å². The van der Waals surface area contributed by atoms with Crippen molar-refractivity contribution < 1.29 is 31.8 Å². The van der Waals surface area contributed by atoms with Gasteiger partial charge < -0.3 is 24.2 Å². The third-order valence-electron chi connectivity index (χ3n) is 6.44. The van der Waals surface area contributed by atoms with E-state index in [0.717, 1.165) is 25.5 Å². The van der Waals surface area contributed by atoms with Crippen molar-refractivity contribution in [3.05, 3.63) is 21.9 Å². The third-order valence-corrected chi connectivity index (χ3v) is 7.22. The first-order valence-electron chi connectivity index (χ1n) is 12.1. The highest BCUT2D eigenvalue weighted by Crippen LogP contribution is 2.41. The quantitative estimate of drug-likeness (QED) is 0.459. The number of amides is 1. The molecule has 0 saturated carbocycles. The zero-order valence-electron chi connectivity index (χ0n) is 21.2. The van der Waals surface area contributed by atoms with Gasteiger partial charge in [0.2, 0.25) is 0 Å². The summed E-state index contributed by atoms with van der Waals surface area (Å²) in [6, 6.07) is 0.888. The third kappa shape index (κ3) is 6.19. The highest BCUT2D eigenvalue weighted by molar-refractivity contribution is 9.10. The first kappa shape index (κ1) is 27.6. The van der Waals surface area contributed by atoms with Gasteiger partial charge in [0.25, 0.3) is 0 Å². The number of hydrogen-bond donors (Lipinski definition) is 0. The number of likely N-dealkylation sites (N-methyl/N-ethyl adjacent to an activating group) is 1. The van der Waals surface area contributed by atoms with E-state index in [0.29, 0.717) is 0 Å². The number of halogens is 5. The van der Waals surface area contributed by atoms with Crippen molar-refractivity contribution in [1.82, 2.24) is 19.8 Å². The molecule has 204 valence electrons. The van der Waals surface area contributed by atoms with Crippen LogP contribution in [0, 0.1) is 5.82 Å². The van der Waals surface area contributed by atoms with Crippen molar-refractivity contribution in [3.63, 3.8) is 0 Å². The molecular weight excluding hydrogens is 562 g/mol. The SMILES string of the molecule is CN1CCCC1COc1nc(N2CCN(C(=O)OC(C)(C)C)CC2)c2cc(C(F)(F)F)c(Br)c(F)c2n1. The number of rotatable bonds is 4. The summed E-state index contributed by atoms with van der Waals surface area (Å²) in [5.74, 6) is -1.01. The Kier molecular flexibility index (Phi) is 7.76. The molecule has 2 saturated heterocycles. The summed E-state index contributed by atoms with van der Waals surface area (Å²) in [7, 11) is 1.98. The number of nitrogens with zero attached hydrogens (tertiary/aromatic N) is 5. The molecule has 0 N–H and O–H groups in total. The number of ether oxygens (including phenoxy) is 2. The molecule has 8 nitrogen and oxygen atoms in total. The van der Waals surface area contributed by atoms with Crippen molar-refractivity contribution in [2.45, 2.75) is 51.4 Å². The number of carbonyl (C=O) groups is 1. The van der Waals surface area contributed by atoms with E-state index in [4.69, 9.17) is 9.47 Å². The number of aromatic nitrogens is 2. The summed E-state index contributed by atoms with van der Waals surface area (Å²) < 4.78 is 66.8. The van der Waals surface area contributed by atoms with E-state index >= 15 is 4.39 Å². The van der Waals surface area contributed by atoms with E-state index < -0.39 is 33.7 Å². The molecule has 3 heterocycles. The Labute approximate surface area is 221 Å². The highest BCUT2D eigenvalue weighted by Gasteiger charge is 2.37. The standard InChI is InChI=1S/C24H30BrF4N5O3/c1-23(2,3)37-22(35)34-10-8-33(9-11-34)20-15-12-16(24(27,28)29)17(25)18(26)19(15)30-21(31-20)36-13-14-6-5-7-32(14)4/h12,14H,5-11,13H2,1-4H3. The Hall–Kier alpha value is -2.41. The largest absolute Gasteiger partial charge is 0.462 e. The fourth-order valence-electron chi connectivity index (χ4n) is 4.47. The van der Waals surface area contributed by atoms with E-state index in [1.54, 1.807) is 25.7 Å². The summed E-state index contributed by atoms with van der Waals surface area (Å²) in [4.78, 5) is 26.4. The molecule has 1 aromatic heterocycles. The fourth-order valence-corrected chi connectivity index (χ4v) is 4.99. The first-order chi connectivity index (χ1) is 17.2. The molecule has 2 aromatic rings. The molecule has 2 fully saturated rings. The number of alkyl halides is 3. The minimum absolute atomic E-state index is 0.0796. The van der Waals surface area contributed by atoms with Gasteiger partial charge in [-0.15, -0.1) is 0 Å². The maximum absolute atomic E-state index is 15.3. The minimum Gasteiger partial charge on any atom is -0.462 e. The number of likely N-dealkylation sites (tertiary alicyclic amines) is 1. The molecule has 1 atom stereocenters. The Morgan fingerprint density at radius 2 is 1.81 bits per heavy atom. The lowest BCUT2D eigenvalue weighted by molar-refractivity contribution is -0.138. The molecule has 0 bridgehead atoms. The molecular formula is C24H30BrF4N5O3. The maximum atomic E-state index is 15.3. The summed E-state index contributed by atoms with van der Waals surface area (Å²) >= 11 is 2.76. The van der Waals surface area contributed by atoms with Gasteiger partial charge in [0.15, 0.2) is 5.82 Å². The van der Waals surface area contributed by atoms with Gasteiger partial charge in [-0.1, -0.05) is 0 Å². The second-order valence-corrected chi connectivity index (χ2v) is 11.1. The summed E-state index contributed by atoms with van der Waals surface area (Å²) in [5, 5.41) is -0.0796. The molecule has 4 rings (SSSR count). The van der Waals surface area contributed by atoms with Gasteiger partial charge in [-0.25, -0.2) is 9.18 Å². The number of benzene rings is 1. The average molecular weight is 592 g/mol. The van der Waals surface area contributed by atoms with E-state index in [2.05, 4.69) is 30.8 Å². The molecule has 1 amide bonds. The van der Waals surface area contributed by atoms with Gasteiger partial charge in [-0.3, -0.25) is 0 Å². The van der Waals surface area contributed by atoms with Crippen LogP contribution >= 0.6 is 15.9 Å². The molecule has 13 heteroatoms. The lowest BCUT2D eigenvalue weighted by Gasteiger charge is -2.36. The van der Waals surface area contributed by atoms with E-state index in [1.165, 1.54) is 4.90 Å². The molecule has 2 aliphatic heterocycles. The van der Waals surface area contributed by atoms with Gasteiger partial charge in [-0.05, 0) is 69.2 Å². The fraction of sp³-hybridized carbons (Fsp3) is 0.625. The van der Waals surface area contributed by atoms with Crippen molar-refractivity contribution in [1.29, 1.82) is 0 Å². The average Bonchev–Trinajstić information content (AvgIpc) is 3.22. The van der Waals surface area contributed by atoms with Gasteiger partial charge in [-0.2, -0.15) is 23.1 Å². The summed E-state index contributed by atoms with van der Waals surface area (Å²) in [6.45, 7) is 7.55. The van der Waals surface area contributed by atoms with Crippen LogP contribution in [0.4, 0.5) is 28.2 Å². The Morgan fingerprint density at radius 1 is 1.14 bits per heavy atom. The Balaban J connectivity index is 1.68. The number of piperazine rings is 1. The van der Waals surface area contributed by atoms with Gasteiger partial charge in [0, 0.05) is 37.6 Å². The molecule has 2 aliphatic rings. The van der Waals surface area contributed by atoms with Crippen LogP contribution in [0.15, 0.2) is 10.5 Å². The van der Waals surface area contributed by atoms with Crippen LogP contribution in [0.5, 0.6) is 6.01 Å². The second kappa shape index (κ2) is 10.4. The van der Waals surface area contributed by atoms with Crippen LogP contribution in [0.1, 0.15) is 39.2 Å². The second-order valence-electron chi connectivity index (χ2n) is 10.3. The van der Waals surface area contributed by atoms with Crippen LogP contribution in [0.3, 0.4) is 0 Å². The van der Waals surface area contributed by atoms with E-state index in [9.17, 15) is 18.0 Å². The predicted octanol–water partition coefficient (Wildman–Crippen LogP) is 5.08. The summed E-state index contributed by atoms with van der Waals surface area (Å²) in [5.41, 5.74) is -2.08. The first-order valence-corrected chi connectivity index (χ1v) is 12.9. The van der Waals surface area contributed by atoms with Crippen LogP contribution in [-0.2, 0) is 10.9 Å². The van der Waals surface area contributed by atoms with Crippen LogP contribution in [0.25, 0.3) is 10.9 Å². The van der Waals surface area contributed by atoms with E-state index in [-0.39, 0.29) is 61.6 Å². The maximum Gasteiger partial charge on any atom is 0.417 e. The lowest BCUT2D eigenvalue weighted by atomic mass is 10.1. The normalized spacial score (nSPS) is 19.5. The molecule has 0 radical (unpaired) electrons. The smallest absolute Gasteiger partial charge is 0.417 e. The van der Waals surface area contributed by atoms with Gasteiger partial charge in [0.1, 0.15) is 23.5 Å². The van der Waals surface area contributed by atoms with Crippen molar-refractivity contribution >= 4 is 38.7 Å². The number of anilines is 1. The Morgan fingerprint density at radius 3 is 2.38 bits per heavy atom. The highest BCUT2D eigenvalue weighted by atomic mass is 79.9. The van der Waals surface area contributed by atoms with Crippen LogP contribution in [-0.4, -0.2) is 83.9 Å². The molecule has 0 spiro atoms. The molecule has 0 aliphatic carbocycles.